The fourth-order valence-corrected chi connectivity index (χ4v) is 9.20. The van der Waals surface area contributed by atoms with Crippen LogP contribution < -0.4 is 0 Å². The summed E-state index contributed by atoms with van der Waals surface area (Å²) in [6.45, 7) is 0.813. The maximum absolute atomic E-state index is 12.6. The molecule has 10 atom stereocenters. The van der Waals surface area contributed by atoms with Gasteiger partial charge in [-0.1, -0.05) is 127 Å². The van der Waals surface area contributed by atoms with Gasteiger partial charge < -0.3 is 5.11 Å². The van der Waals surface area contributed by atoms with E-state index in [0.29, 0.717) is 0 Å². The van der Waals surface area contributed by atoms with Crippen molar-refractivity contribution in [2.24, 2.45) is 17.3 Å². The number of nitrogens with zero attached hydrogens (tertiary/aromatic N) is 2. The SMILES string of the molecule is C#CC1(O)[C@@H]2[C@@H](c3ccccc3)N3CN4[C@@H](c5ccccc5)C2([C@@H]3c2ccccc2)[C@H]1[C@@H]4c1ccccc1. The molecule has 38 heavy (non-hydrogen) atoms. The van der Waals surface area contributed by atoms with Gasteiger partial charge in [-0.25, -0.2) is 0 Å². The first-order chi connectivity index (χ1) is 18.7. The Labute approximate surface area is 224 Å². The van der Waals surface area contributed by atoms with Gasteiger partial charge in [0.05, 0.1) is 6.67 Å². The Bertz CT molecular complexity index is 1410. The molecule has 3 heteroatoms. The van der Waals surface area contributed by atoms with E-state index in [0.717, 1.165) is 6.67 Å². The van der Waals surface area contributed by atoms with Gasteiger partial charge >= 0.3 is 0 Å². The molecule has 3 bridgehead atoms. The van der Waals surface area contributed by atoms with E-state index >= 15 is 0 Å². The summed E-state index contributed by atoms with van der Waals surface area (Å²) in [6, 6.07) is 43.7. The summed E-state index contributed by atoms with van der Waals surface area (Å²) in [5.74, 6) is 2.81. The van der Waals surface area contributed by atoms with Crippen LogP contribution in [0.15, 0.2) is 121 Å². The molecule has 1 aliphatic carbocycles. The monoisotopic (exact) mass is 494 g/mol. The summed E-state index contributed by atoms with van der Waals surface area (Å²) < 4.78 is 0. The molecule has 4 aliphatic rings. The fraction of sp³-hybridized carbons (Fsp3) is 0.257. The fourth-order valence-electron chi connectivity index (χ4n) is 9.20. The summed E-state index contributed by atoms with van der Waals surface area (Å²) >= 11 is 0. The zero-order valence-corrected chi connectivity index (χ0v) is 21.1. The standard InChI is InChI=1S/C35H30N2O/c1-2-34(38)30-28(24-15-7-3-8-16-24)36-23-37-29(25-17-9-4-10-18-25)31(34)35(30,32(36)26-19-11-5-12-20-26)33(37)27-21-13-6-14-22-27/h1,3-22,28-33,38H,23H2/t28-,29+,30-,31-,32-,33-,34?,35?/m0/s1. The highest BCUT2D eigenvalue weighted by Crippen LogP contribution is 2.87. The first-order valence-electron chi connectivity index (χ1n) is 13.6. The van der Waals surface area contributed by atoms with Gasteiger partial charge in [-0.15, -0.1) is 6.42 Å². The van der Waals surface area contributed by atoms with Crippen LogP contribution in [0, 0.1) is 29.6 Å². The molecule has 3 saturated heterocycles. The molecule has 0 radical (unpaired) electrons. The molecular formula is C35H30N2O. The van der Waals surface area contributed by atoms with Crippen molar-refractivity contribution in [2.75, 3.05) is 6.67 Å². The summed E-state index contributed by atoms with van der Waals surface area (Å²) in [5.41, 5.74) is 3.63. The Hall–Kier alpha value is -3.68. The number of fused-ring (bicyclic) bond motifs is 2. The van der Waals surface area contributed by atoms with Crippen molar-refractivity contribution in [3.8, 4) is 12.3 Å². The molecule has 1 N–H and O–H groups in total. The minimum Gasteiger partial charge on any atom is -0.377 e. The number of terminal acetylenes is 1. The molecule has 4 fully saturated rings. The molecule has 1 spiro atoms. The molecule has 8 rings (SSSR count). The summed E-state index contributed by atoms with van der Waals surface area (Å²) in [4.78, 5) is 5.31. The highest BCUT2D eigenvalue weighted by atomic mass is 16.3. The van der Waals surface area contributed by atoms with Crippen LogP contribution in [0.1, 0.15) is 46.4 Å². The van der Waals surface area contributed by atoms with E-state index in [1.165, 1.54) is 22.3 Å². The third-order valence-electron chi connectivity index (χ3n) is 10.1. The highest BCUT2D eigenvalue weighted by Gasteiger charge is 2.89. The average Bonchev–Trinajstić information content (AvgIpc) is 3.30. The number of aliphatic hydroxyl groups is 1. The predicted molar refractivity (Wildman–Crippen MR) is 148 cm³/mol. The van der Waals surface area contributed by atoms with Crippen LogP contribution in [-0.2, 0) is 0 Å². The molecule has 4 aromatic rings. The van der Waals surface area contributed by atoms with E-state index in [1.54, 1.807) is 0 Å². The maximum atomic E-state index is 12.6. The normalized spacial score (nSPS) is 39.8. The zero-order valence-electron chi connectivity index (χ0n) is 21.1. The van der Waals surface area contributed by atoms with E-state index in [2.05, 4.69) is 137 Å². The van der Waals surface area contributed by atoms with Crippen molar-refractivity contribution in [1.29, 1.82) is 0 Å². The van der Waals surface area contributed by atoms with Gasteiger partial charge in [-0.2, -0.15) is 0 Å². The first-order valence-corrected chi connectivity index (χ1v) is 13.6. The van der Waals surface area contributed by atoms with Crippen molar-refractivity contribution in [3.05, 3.63) is 144 Å². The van der Waals surface area contributed by atoms with Crippen molar-refractivity contribution in [3.63, 3.8) is 0 Å². The molecule has 186 valence electrons. The highest BCUT2D eigenvalue weighted by molar-refractivity contribution is 5.51. The van der Waals surface area contributed by atoms with Crippen molar-refractivity contribution >= 4 is 0 Å². The van der Waals surface area contributed by atoms with Gasteiger partial charge in [-0.05, 0) is 22.3 Å². The third-order valence-corrected chi connectivity index (χ3v) is 10.1. The van der Waals surface area contributed by atoms with Gasteiger partial charge in [0.25, 0.3) is 0 Å². The number of rotatable bonds is 4. The Morgan fingerprint density at radius 2 is 0.921 bits per heavy atom. The third kappa shape index (κ3) is 2.56. The van der Waals surface area contributed by atoms with Crippen LogP contribution in [0.5, 0.6) is 0 Å². The van der Waals surface area contributed by atoms with E-state index in [-0.39, 0.29) is 41.4 Å². The molecule has 4 aromatic carbocycles. The Morgan fingerprint density at radius 1 is 0.579 bits per heavy atom. The lowest BCUT2D eigenvalue weighted by molar-refractivity contribution is -0.211. The van der Waals surface area contributed by atoms with Crippen molar-refractivity contribution < 1.29 is 5.11 Å². The largest absolute Gasteiger partial charge is 0.377 e. The van der Waals surface area contributed by atoms with Gasteiger partial charge in [-0.3, -0.25) is 9.80 Å². The second kappa shape index (κ2) is 7.91. The average molecular weight is 495 g/mol. The van der Waals surface area contributed by atoms with Gasteiger partial charge in [0.2, 0.25) is 0 Å². The lowest BCUT2D eigenvalue weighted by Crippen LogP contribution is -2.69. The number of hydrogen-bond acceptors (Lipinski definition) is 3. The Balaban J connectivity index is 1.44. The molecular weight excluding hydrogens is 464 g/mol. The van der Waals surface area contributed by atoms with Crippen molar-refractivity contribution in [1.82, 2.24) is 9.80 Å². The van der Waals surface area contributed by atoms with Crippen LogP contribution in [0.25, 0.3) is 0 Å². The van der Waals surface area contributed by atoms with E-state index in [1.807, 2.05) is 0 Å². The van der Waals surface area contributed by atoms with Crippen LogP contribution in [0.4, 0.5) is 0 Å². The molecule has 1 saturated carbocycles. The molecule has 3 aliphatic heterocycles. The first kappa shape index (κ1) is 22.3. The number of benzene rings is 4. The molecule has 4 unspecified atom stereocenters. The Morgan fingerprint density at radius 3 is 1.26 bits per heavy atom. The molecule has 0 amide bonds. The minimum atomic E-state index is -1.22. The van der Waals surface area contributed by atoms with Crippen LogP contribution in [0.2, 0.25) is 0 Å². The molecule has 3 heterocycles. The van der Waals surface area contributed by atoms with Crippen LogP contribution in [0.3, 0.4) is 0 Å². The number of hydrogen-bond donors (Lipinski definition) is 1. The summed E-state index contributed by atoms with van der Waals surface area (Å²) in [6.07, 6.45) is 6.35. The second-order valence-electron chi connectivity index (χ2n) is 11.4. The van der Waals surface area contributed by atoms with Crippen molar-refractivity contribution in [2.45, 2.75) is 29.8 Å². The van der Waals surface area contributed by atoms with Gasteiger partial charge in [0.15, 0.2) is 0 Å². The van der Waals surface area contributed by atoms with E-state index in [4.69, 9.17) is 6.42 Å². The maximum Gasteiger partial charge on any atom is 0.135 e. The van der Waals surface area contributed by atoms with Crippen LogP contribution in [-0.4, -0.2) is 27.2 Å². The quantitative estimate of drug-likeness (QED) is 0.345. The van der Waals surface area contributed by atoms with E-state index < -0.39 is 5.60 Å². The molecule has 3 nitrogen and oxygen atoms in total. The summed E-state index contributed by atoms with van der Waals surface area (Å²) in [7, 11) is 0. The molecule has 0 aromatic heterocycles. The van der Waals surface area contributed by atoms with Gasteiger partial charge in [0.1, 0.15) is 5.60 Å². The lowest BCUT2D eigenvalue weighted by atomic mass is 9.39. The van der Waals surface area contributed by atoms with Crippen LogP contribution >= 0.6 is 0 Å². The lowest BCUT2D eigenvalue weighted by Gasteiger charge is -2.63. The predicted octanol–water partition coefficient (Wildman–Crippen LogP) is 6.15. The minimum absolute atomic E-state index is 0.0339. The second-order valence-corrected chi connectivity index (χ2v) is 11.4. The topological polar surface area (TPSA) is 26.7 Å². The smallest absolute Gasteiger partial charge is 0.135 e. The van der Waals surface area contributed by atoms with Gasteiger partial charge in [0, 0.05) is 41.4 Å². The zero-order chi connectivity index (χ0) is 25.5. The summed E-state index contributed by atoms with van der Waals surface area (Å²) in [5, 5.41) is 12.6. The Kier molecular flexibility index (Phi) is 4.65. The van der Waals surface area contributed by atoms with E-state index in [9.17, 15) is 5.11 Å².